The molecule has 0 saturated heterocycles. The van der Waals surface area contributed by atoms with Gasteiger partial charge in [0.2, 0.25) is 0 Å². The molecule has 5 heteroatoms. The highest BCUT2D eigenvalue weighted by atomic mass is 19.1. The van der Waals surface area contributed by atoms with E-state index in [0.717, 1.165) is 0 Å². The average Bonchev–Trinajstić information content (AvgIpc) is 2.49. The Morgan fingerprint density at radius 3 is 3.08 bits per heavy atom. The number of hydrogen-bond acceptors (Lipinski definition) is 3. The number of aldehydes is 1. The molecule has 0 bridgehead atoms. The van der Waals surface area contributed by atoms with Crippen molar-refractivity contribution in [2.75, 3.05) is 0 Å². The van der Waals surface area contributed by atoms with Crippen LogP contribution in [-0.2, 0) is 11.2 Å². The topological polar surface area (TPSA) is 47.3 Å². The van der Waals surface area contributed by atoms with E-state index in [1.165, 1.54) is 22.7 Å². The maximum Gasteiger partial charge on any atom is 0.160 e. The third-order valence-electron chi connectivity index (χ3n) is 1.70. The largest absolute Gasteiger partial charge is 0.303 e. The smallest absolute Gasteiger partial charge is 0.160 e. The summed E-state index contributed by atoms with van der Waals surface area (Å²) >= 11 is 0. The number of nitrogens with zero attached hydrogens (tertiary/aromatic N) is 3. The zero-order chi connectivity index (χ0) is 9.26. The summed E-state index contributed by atoms with van der Waals surface area (Å²) in [7, 11) is 0. The van der Waals surface area contributed by atoms with Crippen molar-refractivity contribution in [2.24, 2.45) is 0 Å². The van der Waals surface area contributed by atoms with Gasteiger partial charge in [0, 0.05) is 6.20 Å². The Morgan fingerprint density at radius 2 is 2.31 bits per heavy atom. The third-order valence-corrected chi connectivity index (χ3v) is 1.70. The predicted molar refractivity (Wildman–Crippen MR) is 42.7 cm³/mol. The van der Waals surface area contributed by atoms with Crippen molar-refractivity contribution in [2.45, 2.75) is 6.42 Å². The van der Waals surface area contributed by atoms with Gasteiger partial charge in [-0.3, -0.25) is 4.40 Å². The van der Waals surface area contributed by atoms with E-state index in [1.807, 2.05) is 0 Å². The third kappa shape index (κ3) is 1.28. The lowest BCUT2D eigenvalue weighted by molar-refractivity contribution is -0.107. The summed E-state index contributed by atoms with van der Waals surface area (Å²) in [5.74, 6) is 0.0731. The molecule has 0 N–H and O–H groups in total. The summed E-state index contributed by atoms with van der Waals surface area (Å²) < 4.78 is 14.2. The highest BCUT2D eigenvalue weighted by molar-refractivity contribution is 5.53. The molecule has 2 rings (SSSR count). The minimum Gasteiger partial charge on any atom is -0.303 e. The van der Waals surface area contributed by atoms with E-state index in [2.05, 4.69) is 10.2 Å². The molecule has 0 radical (unpaired) electrons. The molecule has 0 saturated carbocycles. The summed E-state index contributed by atoms with van der Waals surface area (Å²) in [4.78, 5) is 10.2. The first-order valence-electron chi connectivity index (χ1n) is 3.74. The number of fused-ring (bicyclic) bond motifs is 1. The number of halogens is 1. The Labute approximate surface area is 73.0 Å². The molecule has 0 amide bonds. The second-order valence-electron chi connectivity index (χ2n) is 2.56. The maximum absolute atomic E-state index is 12.8. The van der Waals surface area contributed by atoms with Gasteiger partial charge in [0.1, 0.15) is 17.9 Å². The molecular formula is C8H6FN3O. The Hall–Kier alpha value is -1.78. The van der Waals surface area contributed by atoms with E-state index in [1.54, 1.807) is 0 Å². The molecule has 0 aromatic carbocycles. The van der Waals surface area contributed by atoms with Crippen LogP contribution < -0.4 is 0 Å². The summed E-state index contributed by atoms with van der Waals surface area (Å²) in [6.07, 6.45) is 2.11. The molecule has 2 heterocycles. The molecule has 66 valence electrons. The van der Waals surface area contributed by atoms with Gasteiger partial charge in [-0.25, -0.2) is 4.39 Å². The first-order chi connectivity index (χ1) is 6.31. The van der Waals surface area contributed by atoms with Crippen LogP contribution in [0.4, 0.5) is 4.39 Å². The van der Waals surface area contributed by atoms with Crippen LogP contribution in [0.5, 0.6) is 0 Å². The Balaban J connectivity index is 2.64. The molecule has 13 heavy (non-hydrogen) atoms. The predicted octanol–water partition coefficient (Wildman–Crippen LogP) is 0.610. The number of pyridine rings is 1. The molecular weight excluding hydrogens is 173 g/mol. The van der Waals surface area contributed by atoms with Crippen molar-refractivity contribution in [1.29, 1.82) is 0 Å². The second-order valence-corrected chi connectivity index (χ2v) is 2.56. The van der Waals surface area contributed by atoms with Crippen molar-refractivity contribution in [3.63, 3.8) is 0 Å². The number of carbonyl (C=O) groups is 1. The highest BCUT2D eigenvalue weighted by Gasteiger charge is 2.04. The Morgan fingerprint density at radius 1 is 1.46 bits per heavy atom. The van der Waals surface area contributed by atoms with Gasteiger partial charge in [0.15, 0.2) is 5.65 Å². The second kappa shape index (κ2) is 2.93. The number of hydrogen-bond donors (Lipinski definition) is 0. The van der Waals surface area contributed by atoms with Crippen molar-refractivity contribution >= 4 is 11.9 Å². The Bertz CT molecular complexity index is 452. The number of rotatable bonds is 2. The van der Waals surface area contributed by atoms with Gasteiger partial charge in [0.05, 0.1) is 6.42 Å². The van der Waals surface area contributed by atoms with Crippen LogP contribution in [0.1, 0.15) is 5.82 Å². The fourth-order valence-corrected chi connectivity index (χ4v) is 1.13. The molecule has 0 atom stereocenters. The lowest BCUT2D eigenvalue weighted by Crippen LogP contribution is -1.95. The van der Waals surface area contributed by atoms with E-state index < -0.39 is 0 Å². The SMILES string of the molecule is O=CCc1nnc2ccc(F)cn12. The molecule has 0 unspecified atom stereocenters. The van der Waals surface area contributed by atoms with Crippen LogP contribution in [-0.4, -0.2) is 20.9 Å². The molecule has 0 aliphatic heterocycles. The van der Waals surface area contributed by atoms with Gasteiger partial charge in [-0.2, -0.15) is 0 Å². The first-order valence-corrected chi connectivity index (χ1v) is 3.74. The van der Waals surface area contributed by atoms with Crippen molar-refractivity contribution in [1.82, 2.24) is 14.6 Å². The van der Waals surface area contributed by atoms with E-state index in [4.69, 9.17) is 0 Å². The van der Waals surface area contributed by atoms with E-state index in [0.29, 0.717) is 17.8 Å². The minimum absolute atomic E-state index is 0.143. The van der Waals surface area contributed by atoms with Crippen LogP contribution in [0.3, 0.4) is 0 Å². The summed E-state index contributed by atoms with van der Waals surface area (Å²) in [5, 5.41) is 7.51. The van der Waals surface area contributed by atoms with E-state index in [-0.39, 0.29) is 12.2 Å². The van der Waals surface area contributed by atoms with E-state index >= 15 is 0 Å². The average molecular weight is 179 g/mol. The van der Waals surface area contributed by atoms with Crippen LogP contribution in [0.15, 0.2) is 18.3 Å². The molecule has 0 fully saturated rings. The lowest BCUT2D eigenvalue weighted by Gasteiger charge is -1.94. The Kier molecular flexibility index (Phi) is 1.77. The summed E-state index contributed by atoms with van der Waals surface area (Å²) in [6.45, 7) is 0. The van der Waals surface area contributed by atoms with Crippen LogP contribution in [0.25, 0.3) is 5.65 Å². The summed E-state index contributed by atoms with van der Waals surface area (Å²) in [5.41, 5.74) is 0.540. The van der Waals surface area contributed by atoms with Crippen LogP contribution >= 0.6 is 0 Å². The molecule has 2 aromatic heterocycles. The fourth-order valence-electron chi connectivity index (χ4n) is 1.13. The standard InChI is InChI=1S/C8H6FN3O/c9-6-1-2-7-10-11-8(3-4-13)12(7)5-6/h1-2,4-5H,3H2. The van der Waals surface area contributed by atoms with Crippen molar-refractivity contribution in [3.05, 3.63) is 30.0 Å². The van der Waals surface area contributed by atoms with Gasteiger partial charge >= 0.3 is 0 Å². The number of carbonyl (C=O) groups excluding carboxylic acids is 1. The van der Waals surface area contributed by atoms with Gasteiger partial charge in [-0.05, 0) is 12.1 Å². The molecule has 0 aliphatic carbocycles. The van der Waals surface area contributed by atoms with Crippen molar-refractivity contribution < 1.29 is 9.18 Å². The van der Waals surface area contributed by atoms with Gasteiger partial charge in [-0.15, -0.1) is 10.2 Å². The van der Waals surface area contributed by atoms with E-state index in [9.17, 15) is 9.18 Å². The summed E-state index contributed by atoms with van der Waals surface area (Å²) in [6, 6.07) is 2.81. The monoisotopic (exact) mass is 179 g/mol. The molecule has 2 aromatic rings. The molecule has 0 spiro atoms. The zero-order valence-electron chi connectivity index (χ0n) is 6.64. The lowest BCUT2D eigenvalue weighted by atomic mass is 10.4. The zero-order valence-corrected chi connectivity index (χ0v) is 6.64. The van der Waals surface area contributed by atoms with Crippen LogP contribution in [0, 0.1) is 5.82 Å². The van der Waals surface area contributed by atoms with Crippen molar-refractivity contribution in [3.8, 4) is 0 Å². The number of aromatic nitrogens is 3. The normalized spacial score (nSPS) is 10.5. The minimum atomic E-state index is -0.376. The van der Waals surface area contributed by atoms with Gasteiger partial charge < -0.3 is 4.79 Å². The first kappa shape index (κ1) is 7.85. The maximum atomic E-state index is 12.8. The molecule has 0 aliphatic rings. The highest BCUT2D eigenvalue weighted by Crippen LogP contribution is 2.05. The van der Waals surface area contributed by atoms with Gasteiger partial charge in [0.25, 0.3) is 0 Å². The van der Waals surface area contributed by atoms with Crippen LogP contribution in [0.2, 0.25) is 0 Å². The fraction of sp³-hybridized carbons (Fsp3) is 0.125. The molecule has 4 nitrogen and oxygen atoms in total. The quantitative estimate of drug-likeness (QED) is 0.634. The van der Waals surface area contributed by atoms with Gasteiger partial charge in [-0.1, -0.05) is 0 Å².